The third-order valence-electron chi connectivity index (χ3n) is 1.59. The van der Waals surface area contributed by atoms with E-state index in [1.807, 2.05) is 0 Å². The predicted octanol–water partition coefficient (Wildman–Crippen LogP) is 3.24. The summed E-state index contributed by atoms with van der Waals surface area (Å²) in [5.41, 5.74) is 1.58. The number of alkyl halides is 1. The first-order chi connectivity index (χ1) is 6.13. The number of hydrogen-bond donors (Lipinski definition) is 1. The van der Waals surface area contributed by atoms with Crippen molar-refractivity contribution in [2.75, 3.05) is 0 Å². The van der Waals surface area contributed by atoms with Crippen molar-refractivity contribution in [2.45, 2.75) is 12.4 Å². The monoisotopic (exact) mass is 239 g/mol. The average Bonchev–Trinajstić information content (AvgIpc) is 2.07. The summed E-state index contributed by atoms with van der Waals surface area (Å²) in [5, 5.41) is 9.31. The van der Waals surface area contributed by atoms with Crippen molar-refractivity contribution in [1.29, 1.82) is 0 Å². The lowest BCUT2D eigenvalue weighted by Gasteiger charge is -2.06. The van der Waals surface area contributed by atoms with Crippen LogP contribution < -0.4 is 0 Å². The van der Waals surface area contributed by atoms with Crippen molar-refractivity contribution in [3.63, 3.8) is 0 Å². The lowest BCUT2D eigenvalue weighted by Crippen LogP contribution is -1.97. The fourth-order valence-corrected chi connectivity index (χ4v) is 1.47. The van der Waals surface area contributed by atoms with E-state index in [0.717, 1.165) is 9.50 Å². The number of halogens is 3. The molecule has 1 N–H and O–H groups in total. The molecule has 0 unspecified atom stereocenters. The lowest BCUT2D eigenvalue weighted by molar-refractivity contribution is 0.470. The Kier molecular flexibility index (Phi) is 4.13. The van der Waals surface area contributed by atoms with E-state index in [9.17, 15) is 5.11 Å². The Morgan fingerprint density at radius 2 is 2.00 bits per heavy atom. The first-order valence-electron chi connectivity index (χ1n) is 3.59. The van der Waals surface area contributed by atoms with Gasteiger partial charge < -0.3 is 5.11 Å². The summed E-state index contributed by atoms with van der Waals surface area (Å²) in [6.07, 6.45) is 0. The molecule has 0 radical (unpaired) electrons. The van der Waals surface area contributed by atoms with Crippen LogP contribution in [0.15, 0.2) is 18.2 Å². The zero-order chi connectivity index (χ0) is 9.84. The number of phenols is 1. The minimum atomic E-state index is 0.189. The van der Waals surface area contributed by atoms with E-state index in [1.165, 1.54) is 0 Å². The molecule has 0 saturated heterocycles. The molecule has 72 valence electrons. The molecule has 0 bridgehead atoms. The number of hydrogen-bond acceptors (Lipinski definition) is 2. The number of nitrogens with zero attached hydrogens (tertiary/aromatic N) is 1. The topological polar surface area (TPSA) is 23.5 Å². The summed E-state index contributed by atoms with van der Waals surface area (Å²) in [6.45, 7) is 0.396. The number of phenolic OH excluding ortho intramolecular Hbond substituents is 1. The fourth-order valence-electron chi connectivity index (χ4n) is 0.982. The van der Waals surface area contributed by atoms with Gasteiger partial charge in [0.2, 0.25) is 0 Å². The second kappa shape index (κ2) is 4.91. The second-order valence-electron chi connectivity index (χ2n) is 2.56. The van der Waals surface area contributed by atoms with Crippen molar-refractivity contribution in [2.24, 2.45) is 0 Å². The van der Waals surface area contributed by atoms with Crippen molar-refractivity contribution < 1.29 is 5.11 Å². The van der Waals surface area contributed by atoms with Crippen LogP contribution in [0.3, 0.4) is 0 Å². The molecule has 0 amide bonds. The van der Waals surface area contributed by atoms with E-state index in [-0.39, 0.29) is 11.6 Å². The summed E-state index contributed by atoms with van der Waals surface area (Å²) in [5.74, 6) is 0.457. The molecule has 1 aromatic carbocycles. The zero-order valence-corrected chi connectivity index (χ0v) is 8.94. The van der Waals surface area contributed by atoms with Gasteiger partial charge in [-0.2, -0.15) is 0 Å². The Morgan fingerprint density at radius 1 is 1.31 bits per heavy atom. The van der Waals surface area contributed by atoms with Crippen LogP contribution in [0.4, 0.5) is 0 Å². The quantitative estimate of drug-likeness (QED) is 0.648. The molecule has 0 atom stereocenters. The molecule has 5 heteroatoms. The minimum absolute atomic E-state index is 0.189. The molecule has 0 saturated carbocycles. The molecule has 1 rings (SSSR count). The van der Waals surface area contributed by atoms with Gasteiger partial charge in [0.15, 0.2) is 0 Å². The molecular formula is C8H8Cl3NO. The number of benzene rings is 1. The van der Waals surface area contributed by atoms with Crippen molar-refractivity contribution in [3.05, 3.63) is 29.3 Å². The van der Waals surface area contributed by atoms with Gasteiger partial charge in [0.25, 0.3) is 0 Å². The predicted molar refractivity (Wildman–Crippen MR) is 54.9 cm³/mol. The van der Waals surface area contributed by atoms with E-state index in [2.05, 4.69) is 0 Å². The summed E-state index contributed by atoms with van der Waals surface area (Å²) >= 11 is 16.5. The minimum Gasteiger partial charge on any atom is -0.508 e. The molecule has 0 aliphatic carbocycles. The van der Waals surface area contributed by atoms with Crippen LogP contribution >= 0.6 is 35.2 Å². The molecule has 0 aromatic heterocycles. The third kappa shape index (κ3) is 3.24. The maximum atomic E-state index is 9.31. The van der Waals surface area contributed by atoms with Crippen molar-refractivity contribution in [3.8, 4) is 5.75 Å². The molecule has 1 aromatic rings. The first-order valence-corrected chi connectivity index (χ1v) is 4.80. The Balaban J connectivity index is 2.86. The highest BCUT2D eigenvalue weighted by Gasteiger charge is 2.03. The van der Waals surface area contributed by atoms with Crippen LogP contribution in [-0.2, 0) is 12.4 Å². The maximum absolute atomic E-state index is 9.31. The summed E-state index contributed by atoms with van der Waals surface area (Å²) in [6, 6.07) is 5.08. The highest BCUT2D eigenvalue weighted by molar-refractivity contribution is 6.33. The average molecular weight is 241 g/mol. The summed E-state index contributed by atoms with van der Waals surface area (Å²) in [7, 11) is 0. The fraction of sp³-hybridized carbons (Fsp3) is 0.250. The first kappa shape index (κ1) is 10.9. The van der Waals surface area contributed by atoms with E-state index >= 15 is 0 Å². The van der Waals surface area contributed by atoms with Crippen molar-refractivity contribution in [1.82, 2.24) is 3.94 Å². The van der Waals surface area contributed by atoms with Gasteiger partial charge in [-0.15, -0.1) is 15.5 Å². The molecule has 0 fully saturated rings. The smallest absolute Gasteiger partial charge is 0.120 e. The molecule has 0 aliphatic rings. The van der Waals surface area contributed by atoms with Crippen LogP contribution in [0, 0.1) is 0 Å². The van der Waals surface area contributed by atoms with Gasteiger partial charge in [0.1, 0.15) is 5.75 Å². The van der Waals surface area contributed by atoms with Crippen LogP contribution in [0.25, 0.3) is 0 Å². The van der Waals surface area contributed by atoms with Gasteiger partial charge in [-0.3, -0.25) is 0 Å². The molecule has 0 aliphatic heterocycles. The highest BCUT2D eigenvalue weighted by Crippen LogP contribution is 2.21. The largest absolute Gasteiger partial charge is 0.508 e. The zero-order valence-electron chi connectivity index (χ0n) is 6.67. The lowest BCUT2D eigenvalue weighted by atomic mass is 10.1. The van der Waals surface area contributed by atoms with Crippen molar-refractivity contribution >= 4 is 35.2 Å². The standard InChI is InChI=1S/C8H8Cl3NO/c9-4-7-3-6(5-12(10)11)1-2-8(7)13/h1-3,13H,4-5H2. The Hall–Kier alpha value is -0.150. The van der Waals surface area contributed by atoms with Gasteiger partial charge in [0, 0.05) is 5.56 Å². The van der Waals surface area contributed by atoms with E-state index < -0.39 is 0 Å². The van der Waals surface area contributed by atoms with Gasteiger partial charge in [0.05, 0.1) is 12.4 Å². The molecule has 13 heavy (non-hydrogen) atoms. The van der Waals surface area contributed by atoms with E-state index in [1.54, 1.807) is 18.2 Å². The van der Waals surface area contributed by atoms with Crippen LogP contribution in [0.1, 0.15) is 11.1 Å². The Bertz CT molecular complexity index is 291. The van der Waals surface area contributed by atoms with Gasteiger partial charge in [-0.1, -0.05) is 6.07 Å². The molecule has 2 nitrogen and oxygen atoms in total. The Morgan fingerprint density at radius 3 is 2.54 bits per heavy atom. The molecule has 0 spiro atoms. The summed E-state index contributed by atoms with van der Waals surface area (Å²) in [4.78, 5) is 0. The van der Waals surface area contributed by atoms with E-state index in [4.69, 9.17) is 35.2 Å². The van der Waals surface area contributed by atoms with Crippen LogP contribution in [0.2, 0.25) is 0 Å². The van der Waals surface area contributed by atoms with Crippen LogP contribution in [-0.4, -0.2) is 9.04 Å². The SMILES string of the molecule is Oc1ccc(CN(Cl)Cl)cc1CCl. The van der Waals surface area contributed by atoms with Gasteiger partial charge >= 0.3 is 0 Å². The van der Waals surface area contributed by atoms with E-state index in [0.29, 0.717) is 12.1 Å². The second-order valence-corrected chi connectivity index (χ2v) is 3.81. The van der Waals surface area contributed by atoms with Crippen LogP contribution in [0.5, 0.6) is 5.75 Å². The van der Waals surface area contributed by atoms with Gasteiger partial charge in [-0.25, -0.2) is 0 Å². The summed E-state index contributed by atoms with van der Waals surface area (Å²) < 4.78 is 1.02. The highest BCUT2D eigenvalue weighted by atomic mass is 35.5. The third-order valence-corrected chi connectivity index (χ3v) is 2.12. The number of aromatic hydroxyl groups is 1. The normalized spacial score (nSPS) is 10.8. The van der Waals surface area contributed by atoms with Gasteiger partial charge in [-0.05, 0) is 41.2 Å². The number of rotatable bonds is 3. The molecular weight excluding hydrogens is 232 g/mol. The maximum Gasteiger partial charge on any atom is 0.120 e. The Labute approximate surface area is 91.8 Å². The molecule has 0 heterocycles.